The van der Waals surface area contributed by atoms with Crippen molar-refractivity contribution >= 4 is 15.9 Å². The molecule has 2 aliphatic carbocycles. The molecule has 0 unspecified atom stereocenters. The molecule has 0 aromatic heterocycles. The quantitative estimate of drug-likeness (QED) is 0.688. The van der Waals surface area contributed by atoms with E-state index in [4.69, 9.17) is 0 Å². The summed E-state index contributed by atoms with van der Waals surface area (Å²) >= 11 is 0. The van der Waals surface area contributed by atoms with E-state index >= 15 is 0 Å². The Hall–Kier alpha value is -1.14. The summed E-state index contributed by atoms with van der Waals surface area (Å²) in [6.07, 6.45) is 6.23. The van der Waals surface area contributed by atoms with Crippen LogP contribution < -0.4 is 0 Å². The van der Waals surface area contributed by atoms with Gasteiger partial charge in [-0.25, -0.2) is 12.7 Å². The van der Waals surface area contributed by atoms with Crippen LogP contribution in [0.1, 0.15) is 52.4 Å². The Morgan fingerprint density at radius 3 is 2.62 bits per heavy atom. The smallest absolute Gasteiger partial charge is 0.242 e. The zero-order valence-corrected chi connectivity index (χ0v) is 16.7. The molecule has 26 heavy (non-hydrogen) atoms. The van der Waals surface area contributed by atoms with Gasteiger partial charge in [0.1, 0.15) is 0 Å². The normalized spacial score (nSPS) is 35.7. The van der Waals surface area contributed by atoms with Crippen LogP contribution in [0.4, 0.5) is 0 Å². The van der Waals surface area contributed by atoms with E-state index in [-0.39, 0.29) is 29.0 Å². The first-order valence-corrected chi connectivity index (χ1v) is 11.2. The molecule has 0 aromatic carbocycles. The van der Waals surface area contributed by atoms with Gasteiger partial charge in [0, 0.05) is 5.41 Å². The number of carbonyl (C=O) groups is 1. The van der Waals surface area contributed by atoms with Crippen LogP contribution in [0.15, 0.2) is 25.3 Å². The summed E-state index contributed by atoms with van der Waals surface area (Å²) in [5.74, 6) is -0.654. The SMILES string of the molecule is C=CCC[C@H](C(=O)N1[C@H]2C[C@@H]3CC[C@@]2(CS1(=O)=O)C3(C)C)[C@H](O)CC=C. The molecular weight excluding hydrogens is 350 g/mol. The van der Waals surface area contributed by atoms with Gasteiger partial charge in [-0.05, 0) is 49.9 Å². The van der Waals surface area contributed by atoms with Gasteiger partial charge < -0.3 is 5.11 Å². The molecule has 1 aliphatic heterocycles. The van der Waals surface area contributed by atoms with Crippen molar-refractivity contribution in [2.75, 3.05) is 5.75 Å². The second-order valence-corrected chi connectivity index (χ2v) is 10.7. The van der Waals surface area contributed by atoms with E-state index in [9.17, 15) is 18.3 Å². The zero-order valence-electron chi connectivity index (χ0n) is 15.9. The molecule has 3 rings (SSSR count). The average molecular weight is 382 g/mol. The number of allylic oxidation sites excluding steroid dienone is 1. The van der Waals surface area contributed by atoms with Gasteiger partial charge in [0.15, 0.2) is 0 Å². The molecule has 1 N–H and O–H groups in total. The Bertz CT molecular complexity index is 713. The lowest BCUT2D eigenvalue weighted by atomic mass is 9.69. The third-order valence-electron chi connectivity index (χ3n) is 7.50. The maximum Gasteiger partial charge on any atom is 0.242 e. The number of amides is 1. The lowest BCUT2D eigenvalue weighted by Gasteiger charge is -2.37. The predicted molar refractivity (Wildman–Crippen MR) is 102 cm³/mol. The molecule has 6 heteroatoms. The fourth-order valence-corrected chi connectivity index (χ4v) is 8.44. The number of hydrogen-bond donors (Lipinski definition) is 1. The van der Waals surface area contributed by atoms with Gasteiger partial charge in [-0.15, -0.1) is 13.2 Å². The van der Waals surface area contributed by atoms with Gasteiger partial charge in [0.2, 0.25) is 15.9 Å². The molecule has 1 amide bonds. The summed E-state index contributed by atoms with van der Waals surface area (Å²) in [6.45, 7) is 11.6. The number of hydrogen-bond acceptors (Lipinski definition) is 4. The lowest BCUT2D eigenvalue weighted by molar-refractivity contribution is -0.137. The molecular formula is C20H31NO4S. The first-order chi connectivity index (χ1) is 12.1. The number of aliphatic hydroxyl groups is 1. The molecule has 2 bridgehead atoms. The van der Waals surface area contributed by atoms with Crippen LogP contribution in [-0.2, 0) is 14.8 Å². The first kappa shape index (κ1) is 19.6. The molecule has 5 atom stereocenters. The molecule has 2 saturated carbocycles. The number of aliphatic hydroxyl groups excluding tert-OH is 1. The summed E-state index contributed by atoms with van der Waals surface area (Å²) in [4.78, 5) is 13.3. The third kappa shape index (κ3) is 2.60. The van der Waals surface area contributed by atoms with Crippen LogP contribution >= 0.6 is 0 Å². The molecule has 5 nitrogen and oxygen atoms in total. The van der Waals surface area contributed by atoms with E-state index in [2.05, 4.69) is 27.0 Å². The van der Waals surface area contributed by atoms with E-state index in [0.717, 1.165) is 19.3 Å². The maximum atomic E-state index is 13.3. The number of fused-ring (bicyclic) bond motifs is 1. The highest BCUT2D eigenvalue weighted by Gasteiger charge is 2.72. The van der Waals surface area contributed by atoms with Crippen LogP contribution in [-0.4, -0.2) is 41.6 Å². The van der Waals surface area contributed by atoms with Crippen molar-refractivity contribution in [3.63, 3.8) is 0 Å². The molecule has 1 saturated heterocycles. The van der Waals surface area contributed by atoms with E-state index in [1.165, 1.54) is 4.31 Å². The molecule has 3 fully saturated rings. The highest BCUT2D eigenvalue weighted by Crippen LogP contribution is 2.70. The van der Waals surface area contributed by atoms with Gasteiger partial charge in [-0.3, -0.25) is 4.79 Å². The summed E-state index contributed by atoms with van der Waals surface area (Å²) in [6, 6.07) is -0.254. The maximum absolute atomic E-state index is 13.3. The van der Waals surface area contributed by atoms with Gasteiger partial charge in [0.25, 0.3) is 0 Å². The van der Waals surface area contributed by atoms with Crippen molar-refractivity contribution in [1.82, 2.24) is 4.31 Å². The van der Waals surface area contributed by atoms with Crippen molar-refractivity contribution < 1.29 is 18.3 Å². The minimum absolute atomic E-state index is 0.0611. The number of nitrogens with zero attached hydrogens (tertiary/aromatic N) is 1. The largest absolute Gasteiger partial charge is 0.392 e. The molecule has 3 aliphatic rings. The Balaban J connectivity index is 1.95. The topological polar surface area (TPSA) is 74.7 Å². The fourth-order valence-electron chi connectivity index (χ4n) is 5.86. The van der Waals surface area contributed by atoms with Crippen LogP contribution in [0.3, 0.4) is 0 Å². The highest BCUT2D eigenvalue weighted by atomic mass is 32.2. The minimum Gasteiger partial charge on any atom is -0.392 e. The predicted octanol–water partition coefficient (Wildman–Crippen LogP) is 2.87. The standard InChI is InChI=1S/C20H31NO4S/c1-5-7-9-15(16(22)8-6-2)18(23)21-17-12-14-10-11-20(17,19(14,3)4)13-26(21,24)25/h5-6,14-17,22H,1-2,7-13H2,3-4H3/t14-,15-,16+,17-,20-/m0/s1. The summed E-state index contributed by atoms with van der Waals surface area (Å²) in [5.41, 5.74) is -0.408. The summed E-state index contributed by atoms with van der Waals surface area (Å²) in [5, 5.41) is 10.5. The Morgan fingerprint density at radius 2 is 2.04 bits per heavy atom. The van der Waals surface area contributed by atoms with Gasteiger partial charge in [-0.2, -0.15) is 0 Å². The van der Waals surface area contributed by atoms with Gasteiger partial charge in [0.05, 0.1) is 23.8 Å². The Labute approximate surface area is 157 Å². The van der Waals surface area contributed by atoms with Crippen molar-refractivity contribution in [2.45, 2.75) is 64.5 Å². The van der Waals surface area contributed by atoms with E-state index in [0.29, 0.717) is 18.8 Å². The first-order valence-electron chi connectivity index (χ1n) is 9.58. The second-order valence-electron chi connectivity index (χ2n) is 8.82. The Morgan fingerprint density at radius 1 is 1.35 bits per heavy atom. The van der Waals surface area contributed by atoms with E-state index < -0.39 is 28.0 Å². The van der Waals surface area contributed by atoms with Crippen molar-refractivity contribution in [3.8, 4) is 0 Å². The summed E-state index contributed by atoms with van der Waals surface area (Å²) in [7, 11) is -3.66. The number of carbonyl (C=O) groups excluding carboxylic acids is 1. The highest BCUT2D eigenvalue weighted by molar-refractivity contribution is 7.90. The van der Waals surface area contributed by atoms with Crippen LogP contribution in [0.25, 0.3) is 0 Å². The summed E-state index contributed by atoms with van der Waals surface area (Å²) < 4.78 is 27.2. The van der Waals surface area contributed by atoms with Crippen molar-refractivity contribution in [2.24, 2.45) is 22.7 Å². The van der Waals surface area contributed by atoms with Crippen LogP contribution in [0.2, 0.25) is 0 Å². The molecule has 1 spiro atoms. The van der Waals surface area contributed by atoms with Crippen molar-refractivity contribution in [1.29, 1.82) is 0 Å². The minimum atomic E-state index is -3.66. The van der Waals surface area contributed by atoms with E-state index in [1.54, 1.807) is 12.2 Å². The molecule has 1 heterocycles. The zero-order chi connectivity index (χ0) is 19.3. The average Bonchev–Trinajstić information content (AvgIpc) is 3.02. The molecule has 0 radical (unpaired) electrons. The second kappa shape index (κ2) is 6.48. The monoisotopic (exact) mass is 381 g/mol. The molecule has 146 valence electrons. The fraction of sp³-hybridized carbons (Fsp3) is 0.750. The number of sulfonamides is 1. The lowest BCUT2D eigenvalue weighted by Crippen LogP contribution is -2.48. The van der Waals surface area contributed by atoms with Crippen molar-refractivity contribution in [3.05, 3.63) is 25.3 Å². The van der Waals surface area contributed by atoms with E-state index in [1.807, 2.05) is 0 Å². The van der Waals surface area contributed by atoms with Gasteiger partial charge >= 0.3 is 0 Å². The molecule has 0 aromatic rings. The van der Waals surface area contributed by atoms with Crippen LogP contribution in [0, 0.1) is 22.7 Å². The Kier molecular flexibility index (Phi) is 4.89. The number of rotatable bonds is 7. The van der Waals surface area contributed by atoms with Gasteiger partial charge in [-0.1, -0.05) is 26.0 Å². The third-order valence-corrected chi connectivity index (χ3v) is 9.41. The van der Waals surface area contributed by atoms with Crippen LogP contribution in [0.5, 0.6) is 0 Å².